The van der Waals surface area contributed by atoms with Crippen LogP contribution in [0.15, 0.2) is 28.8 Å². The van der Waals surface area contributed by atoms with Crippen LogP contribution in [0.2, 0.25) is 5.02 Å². The summed E-state index contributed by atoms with van der Waals surface area (Å²) in [6.07, 6.45) is -0.0204. The zero-order valence-electron chi connectivity index (χ0n) is 12.2. The summed E-state index contributed by atoms with van der Waals surface area (Å²) in [5, 5.41) is 4.49. The molecule has 2 aromatic rings. The van der Waals surface area contributed by atoms with Gasteiger partial charge in [-0.05, 0) is 17.7 Å². The van der Waals surface area contributed by atoms with Crippen LogP contribution in [0.5, 0.6) is 0 Å². The summed E-state index contributed by atoms with van der Waals surface area (Å²) in [4.78, 5) is 18.4. The predicted octanol–water partition coefficient (Wildman–Crippen LogP) is 2.17. The molecule has 0 spiro atoms. The fraction of sp³-hybridized carbons (Fsp3) is 0.400. The van der Waals surface area contributed by atoms with Gasteiger partial charge in [0.1, 0.15) is 6.10 Å². The van der Waals surface area contributed by atoms with E-state index in [1.807, 2.05) is 12.1 Å². The van der Waals surface area contributed by atoms with Gasteiger partial charge < -0.3 is 14.2 Å². The van der Waals surface area contributed by atoms with Crippen molar-refractivity contribution >= 4 is 17.5 Å². The number of carbonyl (C=O) groups is 1. The second-order valence-corrected chi connectivity index (χ2v) is 5.61. The van der Waals surface area contributed by atoms with E-state index in [0.29, 0.717) is 42.9 Å². The highest BCUT2D eigenvalue weighted by Crippen LogP contribution is 2.20. The average Bonchev–Trinajstić information content (AvgIpc) is 2.94. The normalized spacial score (nSPS) is 18.5. The molecule has 0 radical (unpaired) electrons. The van der Waals surface area contributed by atoms with Crippen LogP contribution >= 0.6 is 11.6 Å². The first kappa shape index (κ1) is 15.0. The van der Waals surface area contributed by atoms with E-state index in [9.17, 15) is 4.79 Å². The maximum atomic E-state index is 12.4. The van der Waals surface area contributed by atoms with Crippen LogP contribution in [0.1, 0.15) is 23.4 Å². The van der Waals surface area contributed by atoms with Crippen LogP contribution in [0.25, 0.3) is 0 Å². The molecule has 1 saturated heterocycles. The first-order chi connectivity index (χ1) is 10.6. The first-order valence-corrected chi connectivity index (χ1v) is 7.43. The molecule has 1 aliphatic rings. The van der Waals surface area contributed by atoms with Crippen molar-refractivity contribution in [3.05, 3.63) is 46.6 Å². The molecule has 1 amide bonds. The third-order valence-electron chi connectivity index (χ3n) is 3.49. The van der Waals surface area contributed by atoms with Gasteiger partial charge in [0.2, 0.25) is 17.6 Å². The van der Waals surface area contributed by atoms with Crippen LogP contribution in [0.4, 0.5) is 0 Å². The number of nitrogens with zero attached hydrogens (tertiary/aromatic N) is 3. The van der Waals surface area contributed by atoms with Crippen molar-refractivity contribution in [3.8, 4) is 0 Å². The number of morpholine rings is 1. The molecule has 0 bridgehead atoms. The number of aryl methyl sites for hydroxylation is 1. The highest BCUT2D eigenvalue weighted by Gasteiger charge is 2.28. The largest absolute Gasteiger partial charge is 0.366 e. The Morgan fingerprint density at radius 2 is 2.36 bits per heavy atom. The topological polar surface area (TPSA) is 68.5 Å². The van der Waals surface area contributed by atoms with Gasteiger partial charge >= 0.3 is 0 Å². The molecule has 1 fully saturated rings. The molecule has 0 N–H and O–H groups in total. The number of halogens is 1. The van der Waals surface area contributed by atoms with Crippen molar-refractivity contribution in [2.45, 2.75) is 19.4 Å². The van der Waals surface area contributed by atoms with Crippen LogP contribution in [-0.4, -0.2) is 40.6 Å². The fourth-order valence-corrected chi connectivity index (χ4v) is 2.62. The van der Waals surface area contributed by atoms with Crippen LogP contribution in [0.3, 0.4) is 0 Å². The van der Waals surface area contributed by atoms with Gasteiger partial charge in [-0.25, -0.2) is 0 Å². The summed E-state index contributed by atoms with van der Waals surface area (Å²) in [6.45, 7) is 3.17. The molecule has 1 unspecified atom stereocenters. The minimum absolute atomic E-state index is 0.0378. The number of amides is 1. The van der Waals surface area contributed by atoms with E-state index in [1.54, 1.807) is 24.0 Å². The number of benzene rings is 1. The zero-order chi connectivity index (χ0) is 15.5. The highest BCUT2D eigenvalue weighted by atomic mass is 35.5. The molecule has 22 heavy (non-hydrogen) atoms. The molecule has 116 valence electrons. The van der Waals surface area contributed by atoms with Gasteiger partial charge in [-0.1, -0.05) is 28.9 Å². The lowest BCUT2D eigenvalue weighted by molar-refractivity contribution is -0.138. The van der Waals surface area contributed by atoms with E-state index in [1.165, 1.54) is 0 Å². The summed E-state index contributed by atoms with van der Waals surface area (Å²) in [5.41, 5.74) is 0.899. The molecule has 1 aliphatic heterocycles. The molecular weight excluding hydrogens is 306 g/mol. The van der Waals surface area contributed by atoms with Gasteiger partial charge in [0.25, 0.3) is 0 Å². The van der Waals surface area contributed by atoms with Gasteiger partial charge in [-0.3, -0.25) is 4.79 Å². The Balaban J connectivity index is 1.65. The smallest absolute Gasteiger partial charge is 0.227 e. The third-order valence-corrected chi connectivity index (χ3v) is 3.73. The Labute approximate surface area is 133 Å². The summed E-state index contributed by atoms with van der Waals surface area (Å²) in [7, 11) is 0. The van der Waals surface area contributed by atoms with Crippen molar-refractivity contribution < 1.29 is 14.1 Å². The van der Waals surface area contributed by atoms with E-state index in [-0.39, 0.29) is 12.0 Å². The molecule has 7 heteroatoms. The van der Waals surface area contributed by atoms with E-state index < -0.39 is 0 Å². The number of carbonyl (C=O) groups excluding carboxylic acids is 1. The van der Waals surface area contributed by atoms with E-state index >= 15 is 0 Å². The van der Waals surface area contributed by atoms with Crippen molar-refractivity contribution in [2.24, 2.45) is 0 Å². The van der Waals surface area contributed by atoms with E-state index in [0.717, 1.165) is 5.56 Å². The number of hydrogen-bond donors (Lipinski definition) is 0. The third kappa shape index (κ3) is 3.45. The Bertz CT molecular complexity index is 674. The van der Waals surface area contributed by atoms with Gasteiger partial charge in [-0.2, -0.15) is 4.98 Å². The van der Waals surface area contributed by atoms with Crippen LogP contribution in [-0.2, 0) is 16.0 Å². The lowest BCUT2D eigenvalue weighted by Crippen LogP contribution is -2.43. The lowest BCUT2D eigenvalue weighted by atomic mass is 10.1. The summed E-state index contributed by atoms with van der Waals surface area (Å²) in [6, 6.07) is 7.33. The predicted molar refractivity (Wildman–Crippen MR) is 79.5 cm³/mol. The lowest BCUT2D eigenvalue weighted by Gasteiger charge is -2.31. The van der Waals surface area contributed by atoms with Crippen molar-refractivity contribution in [3.63, 3.8) is 0 Å². The van der Waals surface area contributed by atoms with Crippen LogP contribution in [0, 0.1) is 6.92 Å². The number of ether oxygens (including phenoxy) is 1. The molecule has 0 aliphatic carbocycles. The Morgan fingerprint density at radius 3 is 3.09 bits per heavy atom. The number of hydrogen-bond acceptors (Lipinski definition) is 5. The molecule has 1 atom stereocenters. The number of aromatic nitrogens is 2. The monoisotopic (exact) mass is 321 g/mol. The van der Waals surface area contributed by atoms with E-state index in [4.69, 9.17) is 20.9 Å². The highest BCUT2D eigenvalue weighted by molar-refractivity contribution is 6.30. The second kappa shape index (κ2) is 6.46. The molecule has 2 heterocycles. The Hall–Kier alpha value is -1.92. The van der Waals surface area contributed by atoms with Gasteiger partial charge in [0.05, 0.1) is 19.6 Å². The Morgan fingerprint density at radius 1 is 1.50 bits per heavy atom. The van der Waals surface area contributed by atoms with Crippen molar-refractivity contribution in [1.29, 1.82) is 0 Å². The average molecular weight is 322 g/mol. The minimum atomic E-state index is -0.338. The van der Waals surface area contributed by atoms with Gasteiger partial charge in [0.15, 0.2) is 0 Å². The standard InChI is InChI=1S/C15H16ClN3O3/c1-10-17-15(18-22-10)13-9-19(5-6-21-13)14(20)8-11-3-2-4-12(16)7-11/h2-4,7,13H,5-6,8-9H2,1H3. The van der Waals surface area contributed by atoms with Crippen molar-refractivity contribution in [2.75, 3.05) is 19.7 Å². The van der Waals surface area contributed by atoms with Gasteiger partial charge in [-0.15, -0.1) is 0 Å². The quantitative estimate of drug-likeness (QED) is 0.866. The Kier molecular flexibility index (Phi) is 4.40. The first-order valence-electron chi connectivity index (χ1n) is 7.06. The molecule has 1 aromatic heterocycles. The van der Waals surface area contributed by atoms with Gasteiger partial charge in [0, 0.05) is 18.5 Å². The zero-order valence-corrected chi connectivity index (χ0v) is 12.9. The molecular formula is C15H16ClN3O3. The fourth-order valence-electron chi connectivity index (χ4n) is 2.41. The SMILES string of the molecule is Cc1nc(C2CN(C(=O)Cc3cccc(Cl)c3)CCO2)no1. The van der Waals surface area contributed by atoms with Crippen LogP contribution < -0.4 is 0 Å². The maximum absolute atomic E-state index is 12.4. The maximum Gasteiger partial charge on any atom is 0.227 e. The molecule has 6 nitrogen and oxygen atoms in total. The summed E-state index contributed by atoms with van der Waals surface area (Å²) < 4.78 is 10.6. The summed E-state index contributed by atoms with van der Waals surface area (Å²) >= 11 is 5.95. The molecule has 3 rings (SSSR count). The second-order valence-electron chi connectivity index (χ2n) is 5.18. The van der Waals surface area contributed by atoms with E-state index in [2.05, 4.69) is 10.1 Å². The van der Waals surface area contributed by atoms with Crippen molar-refractivity contribution in [1.82, 2.24) is 15.0 Å². The molecule has 0 saturated carbocycles. The number of rotatable bonds is 3. The molecule has 1 aromatic carbocycles. The minimum Gasteiger partial charge on any atom is -0.366 e. The summed E-state index contributed by atoms with van der Waals surface area (Å²) in [5.74, 6) is 1.01.